The third kappa shape index (κ3) is 0.644. The molecule has 0 radical (unpaired) electrons. The topological polar surface area (TPSA) is 99.2 Å². The van der Waals surface area contributed by atoms with Gasteiger partial charge in [0.2, 0.25) is 5.95 Å². The molecule has 2 aromatic rings. The van der Waals surface area contributed by atoms with Gasteiger partial charge in [0, 0.05) is 7.05 Å². The maximum atomic E-state index is 5.61. The van der Waals surface area contributed by atoms with E-state index in [1.165, 1.54) is 11.0 Å². The maximum absolute atomic E-state index is 5.61. The number of anilines is 2. The normalized spacial score (nSPS) is 10.8. The average molecular weight is 167 g/mol. The predicted octanol–water partition coefficient (Wildman–Crippen LogP) is -1.13. The molecule has 0 aromatic carbocycles. The van der Waals surface area contributed by atoms with Crippen molar-refractivity contribution in [2.75, 3.05) is 23.9 Å². The van der Waals surface area contributed by atoms with Gasteiger partial charge in [0.05, 0.1) is 6.20 Å². The second-order valence-electron chi connectivity index (χ2n) is 2.30. The minimum absolute atomic E-state index is 0.326. The molecule has 5 N–H and O–H groups in total. The van der Waals surface area contributed by atoms with Gasteiger partial charge in [-0.15, -0.1) is 0 Å². The zero-order valence-electron chi connectivity index (χ0n) is 6.52. The molecule has 2 rings (SSSR count). The lowest BCUT2D eigenvalue weighted by Crippen LogP contribution is -2.18. The SMILES string of the molecule is CNn1c(N)nc2ncc(N)n21. The Balaban J connectivity index is 2.84. The second kappa shape index (κ2) is 2.03. The van der Waals surface area contributed by atoms with Gasteiger partial charge in [0.15, 0.2) is 0 Å². The first-order chi connectivity index (χ1) is 5.74. The van der Waals surface area contributed by atoms with Crippen LogP contribution in [0.3, 0.4) is 0 Å². The minimum Gasteiger partial charge on any atom is -0.382 e. The van der Waals surface area contributed by atoms with E-state index in [9.17, 15) is 0 Å². The van der Waals surface area contributed by atoms with E-state index in [2.05, 4.69) is 15.4 Å². The van der Waals surface area contributed by atoms with Gasteiger partial charge in [-0.05, 0) is 0 Å². The summed E-state index contributed by atoms with van der Waals surface area (Å²) in [5, 5.41) is 0. The van der Waals surface area contributed by atoms with E-state index >= 15 is 0 Å². The van der Waals surface area contributed by atoms with E-state index in [0.29, 0.717) is 17.5 Å². The number of nitrogen functional groups attached to an aromatic ring is 2. The molecule has 0 aliphatic rings. The van der Waals surface area contributed by atoms with Crippen LogP contribution >= 0.6 is 0 Å². The number of nitrogens with one attached hydrogen (secondary N) is 1. The molecule has 0 aliphatic heterocycles. The van der Waals surface area contributed by atoms with Gasteiger partial charge in [0.1, 0.15) is 5.82 Å². The highest BCUT2D eigenvalue weighted by Gasteiger charge is 2.09. The van der Waals surface area contributed by atoms with Crippen molar-refractivity contribution in [3.8, 4) is 0 Å². The Morgan fingerprint density at radius 1 is 1.50 bits per heavy atom. The molecule has 0 bridgehead atoms. The van der Waals surface area contributed by atoms with E-state index in [-0.39, 0.29) is 0 Å². The summed E-state index contributed by atoms with van der Waals surface area (Å²) >= 11 is 0. The molecular weight excluding hydrogens is 158 g/mol. The molecule has 0 atom stereocenters. The van der Waals surface area contributed by atoms with Gasteiger partial charge in [-0.2, -0.15) is 14.3 Å². The first-order valence-corrected chi connectivity index (χ1v) is 3.39. The number of hydrogen-bond donors (Lipinski definition) is 3. The molecule has 0 unspecified atom stereocenters. The van der Waals surface area contributed by atoms with Gasteiger partial charge in [-0.1, -0.05) is 0 Å². The van der Waals surface area contributed by atoms with Crippen LogP contribution in [0.4, 0.5) is 11.8 Å². The first kappa shape index (κ1) is 6.77. The summed E-state index contributed by atoms with van der Waals surface area (Å²) in [5.74, 6) is 1.30. The van der Waals surface area contributed by atoms with E-state index in [0.717, 1.165) is 0 Å². The summed E-state index contributed by atoms with van der Waals surface area (Å²) in [5.41, 5.74) is 14.0. The Morgan fingerprint density at radius 3 is 2.92 bits per heavy atom. The van der Waals surface area contributed by atoms with Crippen molar-refractivity contribution in [2.24, 2.45) is 0 Å². The molecule has 7 heteroatoms. The van der Waals surface area contributed by atoms with Crippen molar-refractivity contribution < 1.29 is 0 Å². The quantitative estimate of drug-likeness (QED) is 0.499. The molecule has 0 aliphatic carbocycles. The van der Waals surface area contributed by atoms with Crippen molar-refractivity contribution in [2.45, 2.75) is 0 Å². The first-order valence-electron chi connectivity index (χ1n) is 3.39. The van der Waals surface area contributed by atoms with E-state index < -0.39 is 0 Å². The smallest absolute Gasteiger partial charge is 0.255 e. The van der Waals surface area contributed by atoms with Crippen LogP contribution in [0.2, 0.25) is 0 Å². The average Bonchev–Trinajstić information content (AvgIpc) is 2.52. The van der Waals surface area contributed by atoms with Gasteiger partial charge >= 0.3 is 0 Å². The Hall–Kier alpha value is -1.92. The number of fused-ring (bicyclic) bond motifs is 1. The zero-order valence-corrected chi connectivity index (χ0v) is 6.52. The van der Waals surface area contributed by atoms with E-state index in [1.807, 2.05) is 0 Å². The van der Waals surface area contributed by atoms with Crippen LogP contribution in [0.15, 0.2) is 6.20 Å². The highest BCUT2D eigenvalue weighted by atomic mass is 15.7. The Bertz CT molecular complexity index is 411. The van der Waals surface area contributed by atoms with Crippen molar-refractivity contribution in [3.05, 3.63) is 6.20 Å². The number of nitrogens with zero attached hydrogens (tertiary/aromatic N) is 4. The summed E-state index contributed by atoms with van der Waals surface area (Å²) in [6, 6.07) is 0. The number of aromatic nitrogens is 4. The summed E-state index contributed by atoms with van der Waals surface area (Å²) in [4.78, 5) is 9.40. The highest BCUT2D eigenvalue weighted by Crippen LogP contribution is 2.08. The van der Waals surface area contributed by atoms with Gasteiger partial charge < -0.3 is 16.9 Å². The van der Waals surface area contributed by atoms with Gasteiger partial charge in [0.25, 0.3) is 5.78 Å². The molecular formula is C5H9N7. The predicted molar refractivity (Wildman–Crippen MR) is 45.1 cm³/mol. The van der Waals surface area contributed by atoms with Crippen LogP contribution in [-0.2, 0) is 0 Å². The molecule has 7 nitrogen and oxygen atoms in total. The standard InChI is InChI=1S/C5H9N7/c1-8-12-4(7)10-5-9-2-3(6)11(5)12/h2,8H,6H2,1H3,(H2,7,9,10). The minimum atomic E-state index is 0.326. The Kier molecular flexibility index (Phi) is 1.15. The van der Waals surface area contributed by atoms with Crippen molar-refractivity contribution >= 4 is 17.5 Å². The third-order valence-corrected chi connectivity index (χ3v) is 1.59. The third-order valence-electron chi connectivity index (χ3n) is 1.59. The lowest BCUT2D eigenvalue weighted by molar-refractivity contribution is 0.739. The summed E-state index contributed by atoms with van der Waals surface area (Å²) in [7, 11) is 1.72. The zero-order chi connectivity index (χ0) is 8.72. The van der Waals surface area contributed by atoms with E-state index in [4.69, 9.17) is 11.5 Å². The molecule has 12 heavy (non-hydrogen) atoms. The Morgan fingerprint density at radius 2 is 2.25 bits per heavy atom. The van der Waals surface area contributed by atoms with Crippen LogP contribution < -0.4 is 16.9 Å². The molecule has 0 amide bonds. The molecule has 64 valence electrons. The number of hydrogen-bond acceptors (Lipinski definition) is 5. The summed E-state index contributed by atoms with van der Waals surface area (Å²) in [6.45, 7) is 0. The molecule has 0 spiro atoms. The van der Waals surface area contributed by atoms with Crippen LogP contribution in [-0.4, -0.2) is 26.3 Å². The lowest BCUT2D eigenvalue weighted by atomic mass is 10.8. The molecule has 0 saturated carbocycles. The molecule has 0 saturated heterocycles. The fourth-order valence-electron chi connectivity index (χ4n) is 1.10. The molecule has 2 heterocycles. The highest BCUT2D eigenvalue weighted by molar-refractivity contribution is 5.45. The largest absolute Gasteiger partial charge is 0.382 e. The van der Waals surface area contributed by atoms with Crippen molar-refractivity contribution in [1.29, 1.82) is 0 Å². The number of rotatable bonds is 1. The van der Waals surface area contributed by atoms with Crippen molar-refractivity contribution in [1.82, 2.24) is 19.3 Å². The fraction of sp³-hybridized carbons (Fsp3) is 0.200. The van der Waals surface area contributed by atoms with Crippen molar-refractivity contribution in [3.63, 3.8) is 0 Å². The van der Waals surface area contributed by atoms with Crippen LogP contribution in [0.25, 0.3) is 5.78 Å². The fourth-order valence-corrected chi connectivity index (χ4v) is 1.10. The number of nitrogens with two attached hydrogens (primary N) is 2. The van der Waals surface area contributed by atoms with E-state index in [1.54, 1.807) is 11.6 Å². The van der Waals surface area contributed by atoms with Gasteiger partial charge in [-0.25, -0.2) is 4.98 Å². The Labute approximate surface area is 67.9 Å². The lowest BCUT2D eigenvalue weighted by Gasteiger charge is -2.03. The monoisotopic (exact) mass is 167 g/mol. The molecule has 0 fully saturated rings. The molecule has 2 aromatic heterocycles. The van der Waals surface area contributed by atoms with Crippen LogP contribution in [0, 0.1) is 0 Å². The number of imidazole rings is 1. The van der Waals surface area contributed by atoms with Crippen LogP contribution in [0.5, 0.6) is 0 Å². The van der Waals surface area contributed by atoms with Gasteiger partial charge in [-0.3, -0.25) is 0 Å². The second-order valence-corrected chi connectivity index (χ2v) is 2.30. The summed E-state index contributed by atoms with van der Waals surface area (Å²) in [6.07, 6.45) is 1.52. The van der Waals surface area contributed by atoms with Crippen LogP contribution in [0.1, 0.15) is 0 Å². The maximum Gasteiger partial charge on any atom is 0.255 e. The summed E-state index contributed by atoms with van der Waals surface area (Å²) < 4.78 is 1.58.